The van der Waals surface area contributed by atoms with Crippen molar-refractivity contribution in [3.63, 3.8) is 0 Å². The van der Waals surface area contributed by atoms with Crippen LogP contribution in [-0.4, -0.2) is 59.9 Å². The van der Waals surface area contributed by atoms with Crippen molar-refractivity contribution < 1.29 is 29.3 Å². The predicted octanol–water partition coefficient (Wildman–Crippen LogP) is 2.34. The molecular weight excluding hydrogens is 338 g/mol. The van der Waals surface area contributed by atoms with Crippen LogP contribution in [0.25, 0.3) is 0 Å². The number of rotatable bonds is 2. The summed E-state index contributed by atoms with van der Waals surface area (Å²) in [5, 5.41) is 14.8. The molecule has 7 heteroatoms. The van der Waals surface area contributed by atoms with Gasteiger partial charge in [0.2, 0.25) is 0 Å². The van der Waals surface area contributed by atoms with Crippen LogP contribution in [0.3, 0.4) is 0 Å². The van der Waals surface area contributed by atoms with E-state index in [1.54, 1.807) is 7.11 Å². The number of carbonyl (C=O) groups is 2. The van der Waals surface area contributed by atoms with Crippen molar-refractivity contribution in [3.8, 4) is 5.75 Å². The number of likely N-dealkylation sites (N-methyl/N-ethyl adjacent to an activating group) is 1. The molecule has 7 nitrogen and oxygen atoms in total. The molecule has 2 N–H and O–H groups in total. The minimum atomic E-state index is -1.82. The Morgan fingerprint density at radius 3 is 2.58 bits per heavy atom. The van der Waals surface area contributed by atoms with Crippen LogP contribution in [0, 0.1) is 0 Å². The number of nitrogens with zero attached hydrogens (tertiary/aromatic N) is 1. The number of aliphatic carboxylic acids is 2. The van der Waals surface area contributed by atoms with Gasteiger partial charge in [0.1, 0.15) is 11.4 Å². The highest BCUT2D eigenvalue weighted by molar-refractivity contribution is 6.27. The molecule has 1 heterocycles. The van der Waals surface area contributed by atoms with E-state index in [1.807, 2.05) is 6.07 Å². The van der Waals surface area contributed by atoms with Gasteiger partial charge >= 0.3 is 11.9 Å². The van der Waals surface area contributed by atoms with Crippen LogP contribution in [-0.2, 0) is 19.9 Å². The molecule has 3 rings (SSSR count). The first-order chi connectivity index (χ1) is 12.3. The number of hydrogen-bond donors (Lipinski definition) is 2. The van der Waals surface area contributed by atoms with E-state index in [-0.39, 0.29) is 11.7 Å². The van der Waals surface area contributed by atoms with Gasteiger partial charge in [-0.15, -0.1) is 0 Å². The molecule has 144 valence electrons. The molecule has 3 atom stereocenters. The fraction of sp³-hybridized carbons (Fsp3) is 0.579. The Hall–Kier alpha value is -2.12. The molecular formula is C19H27NO6. The first-order valence-corrected chi connectivity index (χ1v) is 8.79. The number of carboxylic acid groups (broad SMARTS) is 2. The topological polar surface area (TPSA) is 96.3 Å². The van der Waals surface area contributed by atoms with Gasteiger partial charge in [-0.2, -0.15) is 0 Å². The summed E-state index contributed by atoms with van der Waals surface area (Å²) in [5.74, 6) is -2.73. The summed E-state index contributed by atoms with van der Waals surface area (Å²) in [5.41, 5.74) is 1.12. The maximum absolute atomic E-state index is 9.10. The SMILES string of the molecule is COc1cccc([C@@]23CCCC[C@H]2N(C)C[C@@H](C)O3)c1.O=C(O)C(=O)O. The van der Waals surface area contributed by atoms with Crippen molar-refractivity contribution in [2.24, 2.45) is 0 Å². The van der Waals surface area contributed by atoms with Gasteiger partial charge in [-0.25, -0.2) is 9.59 Å². The number of fused-ring (bicyclic) bond motifs is 1. The molecule has 0 radical (unpaired) electrons. The number of morpholine rings is 1. The van der Waals surface area contributed by atoms with Crippen LogP contribution in [0.4, 0.5) is 0 Å². The summed E-state index contributed by atoms with van der Waals surface area (Å²) in [6.07, 6.45) is 5.16. The molecule has 1 saturated carbocycles. The van der Waals surface area contributed by atoms with Crippen LogP contribution >= 0.6 is 0 Å². The normalized spacial score (nSPS) is 28.3. The Labute approximate surface area is 153 Å². The Morgan fingerprint density at radius 1 is 1.27 bits per heavy atom. The van der Waals surface area contributed by atoms with E-state index in [4.69, 9.17) is 29.3 Å². The predicted molar refractivity (Wildman–Crippen MR) is 95.4 cm³/mol. The third-order valence-corrected chi connectivity index (χ3v) is 5.04. The first-order valence-electron chi connectivity index (χ1n) is 8.79. The van der Waals surface area contributed by atoms with E-state index in [1.165, 1.54) is 24.8 Å². The van der Waals surface area contributed by atoms with Gasteiger partial charge in [-0.05, 0) is 44.5 Å². The lowest BCUT2D eigenvalue weighted by molar-refractivity contribution is -0.198. The summed E-state index contributed by atoms with van der Waals surface area (Å²) in [6.45, 7) is 3.21. The van der Waals surface area contributed by atoms with Crippen LogP contribution in [0.1, 0.15) is 38.2 Å². The van der Waals surface area contributed by atoms with Crippen molar-refractivity contribution in [2.75, 3.05) is 20.7 Å². The lowest BCUT2D eigenvalue weighted by atomic mass is 9.73. The zero-order valence-electron chi connectivity index (χ0n) is 15.5. The van der Waals surface area contributed by atoms with Crippen molar-refractivity contribution in [1.82, 2.24) is 4.90 Å². The highest BCUT2D eigenvalue weighted by Crippen LogP contribution is 2.46. The smallest absolute Gasteiger partial charge is 0.414 e. The van der Waals surface area contributed by atoms with Crippen LogP contribution in [0.2, 0.25) is 0 Å². The fourth-order valence-electron chi connectivity index (χ4n) is 4.06. The van der Waals surface area contributed by atoms with Crippen molar-refractivity contribution in [2.45, 2.75) is 50.4 Å². The third kappa shape index (κ3) is 4.34. The summed E-state index contributed by atoms with van der Waals surface area (Å²) < 4.78 is 11.9. The maximum Gasteiger partial charge on any atom is 0.414 e. The first kappa shape index (κ1) is 20.2. The molecule has 1 aliphatic carbocycles. The van der Waals surface area contributed by atoms with Crippen LogP contribution in [0.5, 0.6) is 5.75 Å². The van der Waals surface area contributed by atoms with E-state index in [9.17, 15) is 0 Å². The number of hydrogen-bond acceptors (Lipinski definition) is 5. The number of benzene rings is 1. The molecule has 0 unspecified atom stereocenters. The van der Waals surface area contributed by atoms with Gasteiger partial charge in [0.15, 0.2) is 0 Å². The van der Waals surface area contributed by atoms with E-state index >= 15 is 0 Å². The van der Waals surface area contributed by atoms with E-state index < -0.39 is 11.9 Å². The fourth-order valence-corrected chi connectivity index (χ4v) is 4.06. The van der Waals surface area contributed by atoms with Gasteiger partial charge in [-0.3, -0.25) is 4.90 Å². The van der Waals surface area contributed by atoms with Crippen LogP contribution < -0.4 is 4.74 Å². The zero-order chi connectivity index (χ0) is 19.3. The monoisotopic (exact) mass is 365 g/mol. The largest absolute Gasteiger partial charge is 0.497 e. The van der Waals surface area contributed by atoms with Gasteiger partial charge in [0, 0.05) is 12.6 Å². The molecule has 2 fully saturated rings. The molecule has 0 bridgehead atoms. The van der Waals surface area contributed by atoms with Crippen molar-refractivity contribution in [1.29, 1.82) is 0 Å². The standard InChI is InChI=1S/C17H25NO2.C2H2O4/c1-13-12-18(2)16-9-4-5-10-17(16,20-13)14-7-6-8-15(11-14)19-3;3-1(4)2(5)6/h6-8,11,13,16H,4-5,9-10,12H2,1-3H3;(H,3,4)(H,5,6)/t13-,16-,17+;/m1./s1. The highest BCUT2D eigenvalue weighted by Gasteiger charge is 2.49. The molecule has 0 aromatic heterocycles. The quantitative estimate of drug-likeness (QED) is 0.777. The summed E-state index contributed by atoms with van der Waals surface area (Å²) in [4.78, 5) is 20.7. The lowest BCUT2D eigenvalue weighted by Gasteiger charge is -2.53. The average molecular weight is 365 g/mol. The van der Waals surface area contributed by atoms with E-state index in [2.05, 4.69) is 37.1 Å². The summed E-state index contributed by atoms with van der Waals surface area (Å²) in [6, 6.07) is 8.93. The number of methoxy groups -OCH3 is 1. The molecule has 0 spiro atoms. The van der Waals surface area contributed by atoms with E-state index in [0.717, 1.165) is 18.7 Å². The van der Waals surface area contributed by atoms with Crippen molar-refractivity contribution >= 4 is 11.9 Å². The summed E-state index contributed by atoms with van der Waals surface area (Å²) >= 11 is 0. The van der Waals surface area contributed by atoms with Gasteiger partial charge in [0.05, 0.1) is 13.2 Å². The number of ether oxygens (including phenoxy) is 2. The Morgan fingerprint density at radius 2 is 1.96 bits per heavy atom. The van der Waals surface area contributed by atoms with Gasteiger partial charge in [0.25, 0.3) is 0 Å². The molecule has 1 saturated heterocycles. The Kier molecular flexibility index (Phi) is 6.61. The van der Waals surface area contributed by atoms with Crippen molar-refractivity contribution in [3.05, 3.63) is 29.8 Å². The Balaban J connectivity index is 0.000000352. The Bertz CT molecular complexity index is 637. The second-order valence-electron chi connectivity index (χ2n) is 6.86. The van der Waals surface area contributed by atoms with Crippen LogP contribution in [0.15, 0.2) is 24.3 Å². The van der Waals surface area contributed by atoms with E-state index in [0.29, 0.717) is 6.04 Å². The molecule has 26 heavy (non-hydrogen) atoms. The van der Waals surface area contributed by atoms with Gasteiger partial charge < -0.3 is 19.7 Å². The molecule has 2 aliphatic rings. The highest BCUT2D eigenvalue weighted by atomic mass is 16.5. The lowest BCUT2D eigenvalue weighted by Crippen LogP contribution is -2.60. The minimum absolute atomic E-state index is 0.154. The third-order valence-electron chi connectivity index (χ3n) is 5.04. The second kappa shape index (κ2) is 8.51. The minimum Gasteiger partial charge on any atom is -0.497 e. The second-order valence-corrected chi connectivity index (χ2v) is 6.86. The zero-order valence-corrected chi connectivity index (χ0v) is 15.5. The maximum atomic E-state index is 9.10. The molecule has 1 aromatic carbocycles. The molecule has 1 aromatic rings. The number of carboxylic acids is 2. The average Bonchev–Trinajstić information content (AvgIpc) is 2.62. The summed E-state index contributed by atoms with van der Waals surface area (Å²) in [7, 11) is 3.97. The molecule has 1 aliphatic heterocycles. The molecule has 0 amide bonds. The van der Waals surface area contributed by atoms with Gasteiger partial charge in [-0.1, -0.05) is 25.0 Å².